The van der Waals surface area contributed by atoms with E-state index in [1.807, 2.05) is 30.3 Å². The number of para-hydroxylation sites is 1. The summed E-state index contributed by atoms with van der Waals surface area (Å²) in [5, 5.41) is 6.27. The molecule has 138 valence electrons. The number of nitrogens with one attached hydrogen (secondary N) is 2. The quantitative estimate of drug-likeness (QED) is 0.609. The number of hydrogen-bond donors (Lipinski definition) is 2. The molecule has 0 fully saturated rings. The molecule has 7 heteroatoms. The van der Waals surface area contributed by atoms with Crippen molar-refractivity contribution in [3.63, 3.8) is 0 Å². The van der Waals surface area contributed by atoms with Crippen molar-refractivity contribution >= 4 is 29.1 Å². The zero-order chi connectivity index (χ0) is 19.1. The molecule has 1 heterocycles. The smallest absolute Gasteiger partial charge is 0.340 e. The fourth-order valence-electron chi connectivity index (χ4n) is 2.41. The molecule has 3 rings (SSSR count). The lowest BCUT2D eigenvalue weighted by atomic mass is 10.2. The van der Waals surface area contributed by atoms with Crippen molar-refractivity contribution in [2.24, 2.45) is 0 Å². The van der Waals surface area contributed by atoms with E-state index in [-0.39, 0.29) is 0 Å². The maximum Gasteiger partial charge on any atom is 0.340 e. The summed E-state index contributed by atoms with van der Waals surface area (Å²) >= 11 is 0. The molecule has 2 N–H and O–H groups in total. The lowest BCUT2D eigenvalue weighted by Gasteiger charge is -2.11. The Bertz CT molecular complexity index is 913. The number of ether oxygens (including phenoxy) is 2. The summed E-state index contributed by atoms with van der Waals surface area (Å²) in [4.78, 5) is 20.7. The average molecular weight is 364 g/mol. The van der Waals surface area contributed by atoms with Gasteiger partial charge < -0.3 is 20.1 Å². The van der Waals surface area contributed by atoms with E-state index < -0.39 is 5.97 Å². The predicted octanol–water partition coefficient (Wildman–Crippen LogP) is 4.15. The zero-order valence-corrected chi connectivity index (χ0v) is 15.1. The van der Waals surface area contributed by atoms with Crippen molar-refractivity contribution in [1.82, 2.24) is 9.97 Å². The van der Waals surface area contributed by atoms with Crippen LogP contribution in [0, 0.1) is 0 Å². The Kier molecular flexibility index (Phi) is 5.84. The molecule has 0 aliphatic rings. The number of nitrogens with zero attached hydrogens (tertiary/aromatic N) is 2. The van der Waals surface area contributed by atoms with Gasteiger partial charge in [-0.2, -0.15) is 4.98 Å². The molecule has 0 unspecified atom stereocenters. The van der Waals surface area contributed by atoms with Gasteiger partial charge in [0.05, 0.1) is 25.0 Å². The number of hydrogen-bond acceptors (Lipinski definition) is 7. The van der Waals surface area contributed by atoms with Crippen LogP contribution in [0.2, 0.25) is 0 Å². The summed E-state index contributed by atoms with van der Waals surface area (Å²) in [5.41, 5.74) is 1.88. The highest BCUT2D eigenvalue weighted by atomic mass is 16.5. The number of benzene rings is 2. The number of anilines is 4. The number of rotatable bonds is 7. The SMILES string of the molecule is CCOC(=O)c1ccccc1Nc1nccc(Nc2ccc(OC)cc2)n1. The molecule has 0 atom stereocenters. The van der Waals surface area contributed by atoms with Crippen LogP contribution < -0.4 is 15.4 Å². The van der Waals surface area contributed by atoms with Crippen molar-refractivity contribution < 1.29 is 14.3 Å². The van der Waals surface area contributed by atoms with Crippen molar-refractivity contribution in [2.75, 3.05) is 24.4 Å². The average Bonchev–Trinajstić information content (AvgIpc) is 2.69. The number of aromatic nitrogens is 2. The molecule has 0 saturated carbocycles. The van der Waals surface area contributed by atoms with Crippen molar-refractivity contribution in [3.8, 4) is 5.75 Å². The van der Waals surface area contributed by atoms with E-state index in [0.717, 1.165) is 11.4 Å². The maximum absolute atomic E-state index is 12.1. The topological polar surface area (TPSA) is 85.4 Å². The fraction of sp³-hybridized carbons (Fsp3) is 0.150. The van der Waals surface area contributed by atoms with Gasteiger partial charge in [0.1, 0.15) is 11.6 Å². The second-order valence-electron chi connectivity index (χ2n) is 5.51. The van der Waals surface area contributed by atoms with E-state index in [9.17, 15) is 4.79 Å². The summed E-state index contributed by atoms with van der Waals surface area (Å²) in [7, 11) is 1.62. The summed E-state index contributed by atoms with van der Waals surface area (Å²) in [5.74, 6) is 1.37. The van der Waals surface area contributed by atoms with Crippen LogP contribution in [0.15, 0.2) is 60.8 Å². The van der Waals surface area contributed by atoms with Crippen LogP contribution in [-0.4, -0.2) is 29.7 Å². The van der Waals surface area contributed by atoms with Crippen molar-refractivity contribution in [2.45, 2.75) is 6.92 Å². The summed E-state index contributed by atoms with van der Waals surface area (Å²) < 4.78 is 10.2. The van der Waals surface area contributed by atoms with E-state index in [4.69, 9.17) is 9.47 Å². The molecule has 0 aliphatic heterocycles. The van der Waals surface area contributed by atoms with Crippen LogP contribution in [0.1, 0.15) is 17.3 Å². The zero-order valence-electron chi connectivity index (χ0n) is 15.1. The maximum atomic E-state index is 12.1. The van der Waals surface area contributed by atoms with E-state index in [1.54, 1.807) is 44.5 Å². The van der Waals surface area contributed by atoms with Gasteiger partial charge in [0.15, 0.2) is 0 Å². The van der Waals surface area contributed by atoms with E-state index >= 15 is 0 Å². The Hall–Kier alpha value is -3.61. The van der Waals surface area contributed by atoms with Crippen LogP contribution in [0.5, 0.6) is 5.75 Å². The minimum absolute atomic E-state index is 0.310. The molecule has 27 heavy (non-hydrogen) atoms. The van der Waals surface area contributed by atoms with Gasteiger partial charge in [-0.15, -0.1) is 0 Å². The molecule has 2 aromatic carbocycles. The fourth-order valence-corrected chi connectivity index (χ4v) is 2.41. The molecule has 0 aliphatic carbocycles. The Morgan fingerprint density at radius 3 is 2.56 bits per heavy atom. The minimum atomic E-state index is -0.395. The van der Waals surface area contributed by atoms with Crippen molar-refractivity contribution in [1.29, 1.82) is 0 Å². The third-order valence-electron chi connectivity index (χ3n) is 3.69. The summed E-state index contributed by atoms with van der Waals surface area (Å²) in [6.45, 7) is 2.08. The highest BCUT2D eigenvalue weighted by Gasteiger charge is 2.12. The summed E-state index contributed by atoms with van der Waals surface area (Å²) in [6.07, 6.45) is 1.63. The first-order valence-corrected chi connectivity index (χ1v) is 8.47. The number of carbonyl (C=O) groups is 1. The summed E-state index contributed by atoms with van der Waals surface area (Å²) in [6, 6.07) is 16.3. The van der Waals surface area contributed by atoms with Gasteiger partial charge in [-0.25, -0.2) is 9.78 Å². The first-order chi connectivity index (χ1) is 13.2. The van der Waals surface area contributed by atoms with Crippen LogP contribution in [0.4, 0.5) is 23.1 Å². The Balaban J connectivity index is 1.77. The molecule has 0 amide bonds. The van der Waals surface area contributed by atoms with Crippen molar-refractivity contribution in [3.05, 3.63) is 66.4 Å². The molecule has 7 nitrogen and oxygen atoms in total. The van der Waals surface area contributed by atoms with Crippen LogP contribution >= 0.6 is 0 Å². The second kappa shape index (κ2) is 8.66. The van der Waals surface area contributed by atoms with E-state index in [0.29, 0.717) is 29.6 Å². The minimum Gasteiger partial charge on any atom is -0.497 e. The largest absolute Gasteiger partial charge is 0.497 e. The number of carbonyl (C=O) groups excluding carboxylic acids is 1. The van der Waals surface area contributed by atoms with Gasteiger partial charge in [0.2, 0.25) is 5.95 Å². The van der Waals surface area contributed by atoms with E-state index in [2.05, 4.69) is 20.6 Å². The molecule has 0 spiro atoms. The molecule has 0 saturated heterocycles. The number of esters is 1. The van der Waals surface area contributed by atoms with Crippen LogP contribution in [0.3, 0.4) is 0 Å². The first-order valence-electron chi connectivity index (χ1n) is 8.47. The third kappa shape index (κ3) is 4.72. The predicted molar refractivity (Wildman–Crippen MR) is 104 cm³/mol. The molecule has 1 aromatic heterocycles. The van der Waals surface area contributed by atoms with Crippen LogP contribution in [0.25, 0.3) is 0 Å². The Labute approximate surface area is 157 Å². The highest BCUT2D eigenvalue weighted by molar-refractivity contribution is 5.96. The monoisotopic (exact) mass is 364 g/mol. The van der Waals surface area contributed by atoms with Gasteiger partial charge in [-0.1, -0.05) is 12.1 Å². The molecular formula is C20H20N4O3. The molecule has 0 radical (unpaired) electrons. The third-order valence-corrected chi connectivity index (χ3v) is 3.69. The second-order valence-corrected chi connectivity index (χ2v) is 5.51. The van der Waals surface area contributed by atoms with E-state index in [1.165, 1.54) is 0 Å². The first kappa shape index (κ1) is 18.2. The normalized spacial score (nSPS) is 10.1. The van der Waals surface area contributed by atoms with Gasteiger partial charge in [0.25, 0.3) is 0 Å². The Morgan fingerprint density at radius 1 is 1.04 bits per heavy atom. The van der Waals surface area contributed by atoms with Gasteiger partial charge >= 0.3 is 5.97 Å². The van der Waals surface area contributed by atoms with Gasteiger partial charge in [-0.3, -0.25) is 0 Å². The standard InChI is InChI=1S/C20H20N4O3/c1-3-27-19(25)16-6-4-5-7-17(16)23-20-21-13-12-18(24-20)22-14-8-10-15(26-2)11-9-14/h4-13H,3H2,1-2H3,(H2,21,22,23,24). The number of methoxy groups -OCH3 is 1. The Morgan fingerprint density at radius 2 is 1.81 bits per heavy atom. The van der Waals surface area contributed by atoms with Gasteiger partial charge in [-0.05, 0) is 49.4 Å². The lowest BCUT2D eigenvalue weighted by molar-refractivity contribution is 0.0527. The molecule has 0 bridgehead atoms. The lowest BCUT2D eigenvalue weighted by Crippen LogP contribution is -2.09. The molecule has 3 aromatic rings. The van der Waals surface area contributed by atoms with Gasteiger partial charge in [0, 0.05) is 11.9 Å². The van der Waals surface area contributed by atoms with Crippen LogP contribution in [-0.2, 0) is 4.74 Å². The highest BCUT2D eigenvalue weighted by Crippen LogP contribution is 2.22. The molecular weight excluding hydrogens is 344 g/mol.